The Morgan fingerprint density at radius 3 is 2.52 bits per heavy atom. The zero-order valence-electron chi connectivity index (χ0n) is 31.9. The molecule has 56 heavy (non-hydrogen) atoms. The van der Waals surface area contributed by atoms with Gasteiger partial charge in [0.1, 0.15) is 41.4 Å². The first-order chi connectivity index (χ1) is 26.7. The lowest BCUT2D eigenvalue weighted by Crippen LogP contribution is -2.59. The molecule has 1 aromatic heterocycles. The number of aromatic nitrogens is 1. The van der Waals surface area contributed by atoms with Crippen molar-refractivity contribution < 1.29 is 46.2 Å². The first kappa shape index (κ1) is 38.4. The third-order valence-corrected chi connectivity index (χ3v) is 14.5. The van der Waals surface area contributed by atoms with E-state index in [1.54, 1.807) is 6.07 Å². The predicted molar refractivity (Wildman–Crippen MR) is 201 cm³/mol. The predicted octanol–water partition coefficient (Wildman–Crippen LogP) is 4.12. The van der Waals surface area contributed by atoms with E-state index in [-0.39, 0.29) is 49.0 Å². The standard InChI is InChI=1S/C40H50FN5O9S/c1-21-6-4-5-7-25-19-40(25,38(49)45-56(51,52)29-8-9-29)44-35(47)32-18-28(54-36-31-16-26(41)17-33(53-3)30(31)10-11-42-36)20-46(32)37(48)34(22(2)12-21)43-39(50)55-27-14-23-13-24(23)15-27/h5,7,10-11,16-17,21-25,27-29,32,34H,4,6,8-9,12-15,18-20H2,1-3H3,(H,43,50)(H,44,47)(H,45,49). The lowest BCUT2D eigenvalue weighted by Gasteiger charge is -2.33. The van der Waals surface area contributed by atoms with Gasteiger partial charge in [-0.15, -0.1) is 0 Å². The molecule has 0 bridgehead atoms. The second kappa shape index (κ2) is 14.8. The fraction of sp³-hybridized carbons (Fsp3) is 0.625. The maximum atomic E-state index is 14.8. The van der Waals surface area contributed by atoms with Crippen LogP contribution in [0.1, 0.15) is 78.1 Å². The molecule has 6 aliphatic rings. The number of rotatable bonds is 8. The molecular formula is C40H50FN5O9S. The van der Waals surface area contributed by atoms with Crippen LogP contribution in [-0.4, -0.2) is 90.9 Å². The number of nitrogens with zero attached hydrogens (tertiary/aromatic N) is 2. The summed E-state index contributed by atoms with van der Waals surface area (Å²) in [7, 11) is -2.50. The number of nitrogens with one attached hydrogen (secondary N) is 3. The van der Waals surface area contributed by atoms with Crippen molar-refractivity contribution in [1.82, 2.24) is 25.2 Å². The number of fused-ring (bicyclic) bond motifs is 4. The molecule has 2 aromatic rings. The Labute approximate surface area is 325 Å². The molecule has 9 unspecified atom stereocenters. The lowest BCUT2D eigenvalue weighted by molar-refractivity contribution is -0.142. The zero-order chi connectivity index (χ0) is 39.5. The van der Waals surface area contributed by atoms with Gasteiger partial charge in [0.25, 0.3) is 5.91 Å². The molecule has 8 rings (SSSR count). The van der Waals surface area contributed by atoms with Gasteiger partial charge >= 0.3 is 6.09 Å². The van der Waals surface area contributed by atoms with Crippen LogP contribution in [0.3, 0.4) is 0 Å². The molecule has 3 heterocycles. The Balaban J connectivity index is 1.11. The van der Waals surface area contributed by atoms with E-state index in [0.717, 1.165) is 25.7 Å². The number of hydrogen-bond acceptors (Lipinski definition) is 10. The van der Waals surface area contributed by atoms with Crippen molar-refractivity contribution in [3.63, 3.8) is 0 Å². The van der Waals surface area contributed by atoms with Crippen molar-refractivity contribution in [3.05, 3.63) is 42.4 Å². The third-order valence-electron chi connectivity index (χ3n) is 12.6. The van der Waals surface area contributed by atoms with Crippen LogP contribution in [0, 0.1) is 35.4 Å². The van der Waals surface area contributed by atoms with E-state index in [9.17, 15) is 32.0 Å². The normalized spacial score (nSPS) is 34.2. The Morgan fingerprint density at radius 2 is 1.79 bits per heavy atom. The summed E-state index contributed by atoms with van der Waals surface area (Å²) in [4.78, 5) is 62.3. The lowest BCUT2D eigenvalue weighted by atomic mass is 9.88. The number of methoxy groups -OCH3 is 1. The quantitative estimate of drug-likeness (QED) is 0.329. The fourth-order valence-electron chi connectivity index (χ4n) is 9.18. The van der Waals surface area contributed by atoms with Gasteiger partial charge in [0.05, 0.1) is 24.3 Å². The highest BCUT2D eigenvalue weighted by Gasteiger charge is 2.62. The number of halogens is 1. The van der Waals surface area contributed by atoms with Crippen LogP contribution in [0.15, 0.2) is 36.5 Å². The highest BCUT2D eigenvalue weighted by Crippen LogP contribution is 2.52. The summed E-state index contributed by atoms with van der Waals surface area (Å²) in [5.74, 6) is -1.72. The molecule has 1 saturated heterocycles. The van der Waals surface area contributed by atoms with Gasteiger partial charge in [-0.1, -0.05) is 26.0 Å². The van der Waals surface area contributed by atoms with Gasteiger partial charge < -0.3 is 29.7 Å². The summed E-state index contributed by atoms with van der Waals surface area (Å²) in [5.41, 5.74) is -1.54. The Kier molecular flexibility index (Phi) is 10.1. The number of carbonyl (C=O) groups excluding carboxylic acids is 4. The van der Waals surface area contributed by atoms with Gasteiger partial charge in [0.15, 0.2) is 0 Å². The van der Waals surface area contributed by atoms with Crippen LogP contribution in [0.2, 0.25) is 0 Å². The summed E-state index contributed by atoms with van der Waals surface area (Å²) < 4.78 is 60.3. The Hall–Kier alpha value is -4.47. The van der Waals surface area contributed by atoms with E-state index in [4.69, 9.17) is 14.2 Å². The van der Waals surface area contributed by atoms with Gasteiger partial charge in [-0.3, -0.25) is 19.1 Å². The molecule has 4 amide bonds. The van der Waals surface area contributed by atoms with Crippen molar-refractivity contribution in [3.8, 4) is 11.6 Å². The topological polar surface area (TPSA) is 182 Å². The van der Waals surface area contributed by atoms with Crippen molar-refractivity contribution in [2.45, 2.75) is 113 Å². The number of sulfonamides is 1. The summed E-state index contributed by atoms with van der Waals surface area (Å²) in [6.07, 6.45) is 9.43. The molecule has 3 N–H and O–H groups in total. The number of hydrogen-bond donors (Lipinski definition) is 3. The second-order valence-corrected chi connectivity index (χ2v) is 18.9. The number of allylic oxidation sites excluding steroid dienone is 1. The molecular weight excluding hydrogens is 746 g/mol. The van der Waals surface area contributed by atoms with Crippen LogP contribution in [-0.2, 0) is 29.1 Å². The van der Waals surface area contributed by atoms with E-state index >= 15 is 0 Å². The summed E-state index contributed by atoms with van der Waals surface area (Å²) in [5, 5.41) is 5.97. The molecule has 302 valence electrons. The number of amides is 4. The highest BCUT2D eigenvalue weighted by molar-refractivity contribution is 7.91. The average Bonchev–Trinajstić information content (AvgIpc) is 4.11. The smallest absolute Gasteiger partial charge is 0.408 e. The van der Waals surface area contributed by atoms with E-state index in [0.29, 0.717) is 48.3 Å². The number of carbonyl (C=O) groups is 4. The molecule has 14 nitrogen and oxygen atoms in total. The SMILES string of the molecule is COc1cc(F)cc2c(OC3CC4C(=O)NC5(C(=O)NS(=O)(=O)C6CC6)CC5C=CCCC(C)CC(C)C(NC(=O)OC5CC6CC6C5)C(=O)N4C3)nccc12. The van der Waals surface area contributed by atoms with E-state index in [1.807, 2.05) is 19.1 Å². The fourth-order valence-corrected chi connectivity index (χ4v) is 10.5. The number of pyridine rings is 1. The van der Waals surface area contributed by atoms with Gasteiger partial charge in [-0.05, 0) is 93.6 Å². The van der Waals surface area contributed by atoms with Crippen LogP contribution in [0.25, 0.3) is 10.8 Å². The number of alkyl carbamates (subject to hydrolysis) is 1. The first-order valence-corrected chi connectivity index (χ1v) is 21.4. The summed E-state index contributed by atoms with van der Waals surface area (Å²) >= 11 is 0. The maximum absolute atomic E-state index is 14.8. The molecule has 1 aromatic carbocycles. The number of benzene rings is 1. The van der Waals surface area contributed by atoms with Crippen molar-refractivity contribution in [2.24, 2.45) is 29.6 Å². The molecule has 0 spiro atoms. The monoisotopic (exact) mass is 795 g/mol. The van der Waals surface area contributed by atoms with Crippen molar-refractivity contribution in [2.75, 3.05) is 13.7 Å². The molecule has 9 atom stereocenters. The summed E-state index contributed by atoms with van der Waals surface area (Å²) in [6.45, 7) is 3.88. The molecule has 0 radical (unpaired) electrons. The van der Waals surface area contributed by atoms with Crippen molar-refractivity contribution in [1.29, 1.82) is 0 Å². The summed E-state index contributed by atoms with van der Waals surface area (Å²) in [6, 6.07) is 1.95. The van der Waals surface area contributed by atoms with Gasteiger partial charge in [0, 0.05) is 30.0 Å². The Bertz CT molecular complexity index is 2050. The maximum Gasteiger partial charge on any atom is 0.408 e. The zero-order valence-corrected chi connectivity index (χ0v) is 32.7. The Morgan fingerprint density at radius 1 is 1.02 bits per heavy atom. The largest absolute Gasteiger partial charge is 0.496 e. The first-order valence-electron chi connectivity index (χ1n) is 19.9. The van der Waals surface area contributed by atoms with E-state index < -0.39 is 74.5 Å². The minimum Gasteiger partial charge on any atom is -0.496 e. The number of ether oxygens (including phenoxy) is 3. The molecule has 5 fully saturated rings. The van der Waals surface area contributed by atoms with Gasteiger partial charge in [-0.2, -0.15) is 0 Å². The molecule has 4 aliphatic carbocycles. The van der Waals surface area contributed by atoms with Crippen LogP contribution < -0.4 is 24.8 Å². The van der Waals surface area contributed by atoms with E-state index in [2.05, 4.69) is 27.3 Å². The second-order valence-electron chi connectivity index (χ2n) is 16.9. The van der Waals surface area contributed by atoms with E-state index in [1.165, 1.54) is 30.3 Å². The third kappa shape index (κ3) is 7.77. The van der Waals surface area contributed by atoms with Gasteiger partial charge in [0.2, 0.25) is 27.7 Å². The van der Waals surface area contributed by atoms with Crippen molar-refractivity contribution >= 4 is 44.6 Å². The van der Waals surface area contributed by atoms with Crippen LogP contribution in [0.4, 0.5) is 9.18 Å². The van der Waals surface area contributed by atoms with Crippen LogP contribution in [0.5, 0.6) is 11.6 Å². The van der Waals surface area contributed by atoms with Gasteiger partial charge in [-0.25, -0.2) is 22.6 Å². The molecule has 4 saturated carbocycles. The molecule has 2 aliphatic heterocycles. The highest BCUT2D eigenvalue weighted by atomic mass is 32.2. The minimum atomic E-state index is -3.92. The average molecular weight is 796 g/mol. The molecule has 16 heteroatoms. The van der Waals surface area contributed by atoms with Crippen LogP contribution >= 0.6 is 0 Å². The minimum absolute atomic E-state index is 0.0343.